The van der Waals surface area contributed by atoms with Crippen LogP contribution in [0.25, 0.3) is 0 Å². The number of benzene rings is 1. The average Bonchev–Trinajstić information content (AvgIpc) is 2.68. The molecule has 7 heteroatoms. The van der Waals surface area contributed by atoms with Crippen LogP contribution in [0.5, 0.6) is 0 Å². The summed E-state index contributed by atoms with van der Waals surface area (Å²) in [4.78, 5) is 3.92. The predicted octanol–water partition coefficient (Wildman–Crippen LogP) is 1.42. The zero-order chi connectivity index (χ0) is 12.0. The molecule has 1 atom stereocenters. The molecule has 17 heavy (non-hydrogen) atoms. The highest BCUT2D eigenvalue weighted by molar-refractivity contribution is 8.13. The summed E-state index contributed by atoms with van der Waals surface area (Å²) in [5.41, 5.74) is 2.41. The van der Waals surface area contributed by atoms with Gasteiger partial charge in [0, 0.05) is 16.6 Å². The van der Waals surface area contributed by atoms with E-state index < -0.39 is 9.05 Å². The van der Waals surface area contributed by atoms with Crippen LogP contribution in [0.3, 0.4) is 0 Å². The minimum atomic E-state index is -3.86. The molecule has 1 aromatic carbocycles. The molecular weight excluding hydrogens is 262 g/mol. The molecule has 1 aliphatic rings. The highest BCUT2D eigenvalue weighted by Gasteiger charge is 2.31. The summed E-state index contributed by atoms with van der Waals surface area (Å²) in [6.45, 7) is 0. The Morgan fingerprint density at radius 2 is 2.12 bits per heavy atom. The van der Waals surface area contributed by atoms with Crippen molar-refractivity contribution < 1.29 is 8.42 Å². The van der Waals surface area contributed by atoms with Gasteiger partial charge in [0.05, 0.1) is 0 Å². The third-order valence-electron chi connectivity index (χ3n) is 2.88. The largest absolute Gasteiger partial charge is 0.298 e. The van der Waals surface area contributed by atoms with Crippen LogP contribution in [0.2, 0.25) is 0 Å². The normalized spacial score (nSPS) is 18.5. The van der Waals surface area contributed by atoms with Gasteiger partial charge in [-0.15, -0.1) is 5.10 Å². The first-order valence-corrected chi connectivity index (χ1v) is 7.31. The summed E-state index contributed by atoms with van der Waals surface area (Å²) < 4.78 is 22.1. The van der Waals surface area contributed by atoms with Crippen LogP contribution in [-0.2, 0) is 15.5 Å². The highest BCUT2D eigenvalue weighted by atomic mass is 35.7. The molecular formula is C10H8ClN3O2S. The number of nitrogens with one attached hydrogen (secondary N) is 1. The Bertz CT molecular complexity index is 680. The number of nitrogens with zero attached hydrogens (tertiary/aromatic N) is 2. The van der Waals surface area contributed by atoms with Crippen molar-refractivity contribution in [1.29, 1.82) is 0 Å². The summed E-state index contributed by atoms with van der Waals surface area (Å²) in [7, 11) is 1.31. The molecule has 1 unspecified atom stereocenters. The Balaban J connectivity index is 1.96. The van der Waals surface area contributed by atoms with Crippen molar-refractivity contribution in [1.82, 2.24) is 15.2 Å². The first-order valence-electron chi connectivity index (χ1n) is 5.00. The fraction of sp³-hybridized carbons (Fsp3) is 0.200. The van der Waals surface area contributed by atoms with Gasteiger partial charge in [0.25, 0.3) is 14.2 Å². The minimum Gasteiger partial charge on any atom is -0.261 e. The summed E-state index contributed by atoms with van der Waals surface area (Å²) >= 11 is 0. The van der Waals surface area contributed by atoms with Crippen molar-refractivity contribution >= 4 is 19.7 Å². The molecule has 0 aliphatic heterocycles. The SMILES string of the molecule is O=S(=O)(Cl)c1n[nH]c(C2Cc3ccccc32)n1. The van der Waals surface area contributed by atoms with Gasteiger partial charge in [-0.3, -0.25) is 5.10 Å². The van der Waals surface area contributed by atoms with Gasteiger partial charge in [0.1, 0.15) is 5.82 Å². The lowest BCUT2D eigenvalue weighted by atomic mass is 9.77. The number of halogens is 1. The quantitative estimate of drug-likeness (QED) is 0.837. The van der Waals surface area contributed by atoms with E-state index in [1.807, 2.05) is 24.3 Å². The van der Waals surface area contributed by atoms with Gasteiger partial charge in [0.15, 0.2) is 0 Å². The van der Waals surface area contributed by atoms with Crippen LogP contribution in [0.15, 0.2) is 29.4 Å². The zero-order valence-corrected chi connectivity index (χ0v) is 10.2. The summed E-state index contributed by atoms with van der Waals surface area (Å²) in [5, 5.41) is 5.88. The fourth-order valence-corrected chi connectivity index (χ4v) is 2.59. The standard InChI is InChI=1S/C10H8ClN3O2S/c11-17(15,16)10-12-9(13-14-10)8-5-6-3-1-2-4-7(6)8/h1-4,8H,5H2,(H,12,13,14). The second kappa shape index (κ2) is 3.54. The van der Waals surface area contributed by atoms with Crippen LogP contribution in [0, 0.1) is 0 Å². The zero-order valence-electron chi connectivity index (χ0n) is 8.59. The fourth-order valence-electron chi connectivity index (χ4n) is 2.03. The Morgan fingerprint density at radius 3 is 2.76 bits per heavy atom. The van der Waals surface area contributed by atoms with Crippen molar-refractivity contribution in [3.8, 4) is 0 Å². The number of aromatic nitrogens is 3. The van der Waals surface area contributed by atoms with Crippen LogP contribution in [0.4, 0.5) is 0 Å². The van der Waals surface area contributed by atoms with Crippen LogP contribution < -0.4 is 0 Å². The summed E-state index contributed by atoms with van der Waals surface area (Å²) in [5.74, 6) is 0.633. The molecule has 0 saturated carbocycles. The number of hydrogen-bond acceptors (Lipinski definition) is 4. The van der Waals surface area contributed by atoms with E-state index in [2.05, 4.69) is 15.2 Å². The molecule has 1 aromatic heterocycles. The number of fused-ring (bicyclic) bond motifs is 1. The maximum atomic E-state index is 11.0. The van der Waals surface area contributed by atoms with E-state index in [1.165, 1.54) is 5.56 Å². The topological polar surface area (TPSA) is 75.7 Å². The Morgan fingerprint density at radius 1 is 1.35 bits per heavy atom. The molecule has 0 radical (unpaired) electrons. The number of H-pyrrole nitrogens is 1. The summed E-state index contributed by atoms with van der Waals surface area (Å²) in [6.07, 6.45) is 0.840. The van der Waals surface area contributed by atoms with Crippen LogP contribution >= 0.6 is 10.7 Å². The Labute approximate surface area is 102 Å². The number of hydrogen-bond donors (Lipinski definition) is 1. The van der Waals surface area contributed by atoms with E-state index in [1.54, 1.807) is 0 Å². The molecule has 0 bridgehead atoms. The Hall–Kier alpha value is -1.40. The number of aromatic amines is 1. The number of rotatable bonds is 2. The third-order valence-corrected chi connectivity index (χ3v) is 3.92. The van der Waals surface area contributed by atoms with E-state index in [0.29, 0.717) is 5.82 Å². The molecule has 5 nitrogen and oxygen atoms in total. The molecule has 0 amide bonds. The molecule has 0 saturated heterocycles. The maximum absolute atomic E-state index is 11.0. The molecule has 1 N–H and O–H groups in total. The molecule has 1 heterocycles. The molecule has 0 fully saturated rings. The second-order valence-electron chi connectivity index (χ2n) is 3.90. The van der Waals surface area contributed by atoms with E-state index in [9.17, 15) is 8.42 Å². The van der Waals surface area contributed by atoms with Gasteiger partial charge in [-0.05, 0) is 17.5 Å². The third kappa shape index (κ3) is 1.73. The van der Waals surface area contributed by atoms with Gasteiger partial charge >= 0.3 is 0 Å². The first kappa shape index (κ1) is 10.7. The molecule has 0 spiro atoms. The van der Waals surface area contributed by atoms with Crippen molar-refractivity contribution in [2.75, 3.05) is 0 Å². The van der Waals surface area contributed by atoms with Crippen LogP contribution in [-0.4, -0.2) is 23.6 Å². The smallest absolute Gasteiger partial charge is 0.261 e. The second-order valence-corrected chi connectivity index (χ2v) is 6.36. The monoisotopic (exact) mass is 269 g/mol. The lowest BCUT2D eigenvalue weighted by Gasteiger charge is -2.27. The van der Waals surface area contributed by atoms with Crippen LogP contribution in [0.1, 0.15) is 22.9 Å². The highest BCUT2D eigenvalue weighted by Crippen LogP contribution is 2.38. The van der Waals surface area contributed by atoms with E-state index in [4.69, 9.17) is 10.7 Å². The predicted molar refractivity (Wildman–Crippen MR) is 61.4 cm³/mol. The minimum absolute atomic E-state index is 0.0888. The first-order chi connectivity index (χ1) is 8.05. The van der Waals surface area contributed by atoms with Gasteiger partial charge in [-0.25, -0.2) is 13.4 Å². The van der Waals surface area contributed by atoms with E-state index in [-0.39, 0.29) is 11.1 Å². The van der Waals surface area contributed by atoms with Crippen molar-refractivity contribution in [2.45, 2.75) is 17.5 Å². The van der Waals surface area contributed by atoms with Gasteiger partial charge in [0.2, 0.25) is 0 Å². The van der Waals surface area contributed by atoms with Gasteiger partial charge in [-0.1, -0.05) is 24.3 Å². The lowest BCUT2D eigenvalue weighted by molar-refractivity contribution is 0.601. The average molecular weight is 270 g/mol. The molecule has 88 valence electrons. The molecule has 1 aliphatic carbocycles. The Kier molecular flexibility index (Phi) is 2.24. The maximum Gasteiger partial charge on any atom is 0.298 e. The van der Waals surface area contributed by atoms with Gasteiger partial charge in [-0.2, -0.15) is 0 Å². The van der Waals surface area contributed by atoms with Crippen molar-refractivity contribution in [3.05, 3.63) is 41.2 Å². The summed E-state index contributed by atoms with van der Waals surface area (Å²) in [6, 6.07) is 7.97. The lowest BCUT2D eigenvalue weighted by Crippen LogP contribution is -2.19. The molecule has 3 rings (SSSR count). The van der Waals surface area contributed by atoms with Gasteiger partial charge < -0.3 is 0 Å². The van der Waals surface area contributed by atoms with Crippen molar-refractivity contribution in [2.24, 2.45) is 0 Å². The molecule has 2 aromatic rings. The van der Waals surface area contributed by atoms with Crippen molar-refractivity contribution in [3.63, 3.8) is 0 Å². The van der Waals surface area contributed by atoms with E-state index in [0.717, 1.165) is 12.0 Å². The van der Waals surface area contributed by atoms with E-state index >= 15 is 0 Å².